The molecule has 0 saturated heterocycles. The Morgan fingerprint density at radius 1 is 0.632 bits per heavy atom. The van der Waals surface area contributed by atoms with Crippen LogP contribution in [-0.4, -0.2) is 4.98 Å². The lowest BCUT2D eigenvalue weighted by molar-refractivity contribution is 1.42. The van der Waals surface area contributed by atoms with Crippen molar-refractivity contribution in [2.24, 2.45) is 0 Å². The summed E-state index contributed by atoms with van der Waals surface area (Å²) in [6, 6.07) is 19.4. The molecule has 3 nitrogen and oxygen atoms in total. The molecule has 1 aromatic heterocycles. The van der Waals surface area contributed by atoms with Gasteiger partial charge in [0.25, 0.3) is 0 Å². The Morgan fingerprint density at radius 2 is 1.11 bits per heavy atom. The third kappa shape index (κ3) is 3.92. The maximum Gasteiger partial charge on any atom is 0.0320 e. The number of H-pyrrole nitrogens is 1. The summed E-state index contributed by atoms with van der Waals surface area (Å²) in [5, 5.41) is 0. The van der Waals surface area contributed by atoms with E-state index in [0.29, 0.717) is 0 Å². The molecule has 1 heterocycles. The molecule has 5 N–H and O–H groups in total. The van der Waals surface area contributed by atoms with Crippen molar-refractivity contribution in [2.45, 2.75) is 0 Å². The molecule has 0 spiro atoms. The third-order valence-corrected chi connectivity index (χ3v) is 2.60. The second-order valence-electron chi connectivity index (χ2n) is 4.14. The van der Waals surface area contributed by atoms with Gasteiger partial charge >= 0.3 is 0 Å². The highest BCUT2D eigenvalue weighted by Gasteiger charge is 1.97. The molecule has 0 bridgehead atoms. The van der Waals surface area contributed by atoms with Gasteiger partial charge in [0.2, 0.25) is 0 Å². The van der Waals surface area contributed by atoms with E-state index in [9.17, 15) is 0 Å². The van der Waals surface area contributed by atoms with Gasteiger partial charge in [-0.15, -0.1) is 0 Å². The Labute approximate surface area is 112 Å². The normalized spacial score (nSPS) is 9.47. The van der Waals surface area contributed by atoms with E-state index in [4.69, 9.17) is 11.5 Å². The van der Waals surface area contributed by atoms with Crippen LogP contribution in [0.3, 0.4) is 0 Å². The van der Waals surface area contributed by atoms with Crippen LogP contribution in [0.25, 0.3) is 11.1 Å². The lowest BCUT2D eigenvalue weighted by Crippen LogP contribution is -1.87. The van der Waals surface area contributed by atoms with Crippen LogP contribution in [0.5, 0.6) is 0 Å². The summed E-state index contributed by atoms with van der Waals surface area (Å²) in [6.07, 6.45) is 3.75. The molecular formula is C16H17N3. The van der Waals surface area contributed by atoms with E-state index in [2.05, 4.69) is 4.98 Å². The first-order chi connectivity index (χ1) is 9.25. The second-order valence-corrected chi connectivity index (χ2v) is 4.14. The summed E-state index contributed by atoms with van der Waals surface area (Å²) in [5.41, 5.74) is 15.1. The highest BCUT2D eigenvalue weighted by atomic mass is 14.6. The van der Waals surface area contributed by atoms with Crippen LogP contribution in [0.15, 0.2) is 73.1 Å². The molecule has 19 heavy (non-hydrogen) atoms. The van der Waals surface area contributed by atoms with Gasteiger partial charge in [0, 0.05) is 23.8 Å². The van der Waals surface area contributed by atoms with Crippen LogP contribution in [0.4, 0.5) is 11.4 Å². The van der Waals surface area contributed by atoms with Crippen molar-refractivity contribution in [1.82, 2.24) is 4.98 Å². The van der Waals surface area contributed by atoms with E-state index in [1.54, 1.807) is 0 Å². The van der Waals surface area contributed by atoms with Crippen LogP contribution in [0.2, 0.25) is 0 Å². The molecule has 0 unspecified atom stereocenters. The zero-order valence-electron chi connectivity index (χ0n) is 10.6. The van der Waals surface area contributed by atoms with Crippen molar-refractivity contribution < 1.29 is 0 Å². The fourth-order valence-electron chi connectivity index (χ4n) is 1.71. The lowest BCUT2D eigenvalue weighted by atomic mass is 10.0. The number of nitrogens with two attached hydrogens (primary N) is 2. The molecule has 0 aliphatic rings. The summed E-state index contributed by atoms with van der Waals surface area (Å²) < 4.78 is 0. The molecule has 3 aromatic rings. The van der Waals surface area contributed by atoms with Crippen LogP contribution < -0.4 is 11.5 Å². The largest absolute Gasteiger partial charge is 0.399 e. The molecule has 96 valence electrons. The van der Waals surface area contributed by atoms with Crippen molar-refractivity contribution in [2.75, 3.05) is 11.5 Å². The summed E-state index contributed by atoms with van der Waals surface area (Å²) in [6.45, 7) is 0. The minimum Gasteiger partial charge on any atom is -0.399 e. The highest BCUT2D eigenvalue weighted by molar-refractivity contribution is 5.70. The van der Waals surface area contributed by atoms with Crippen LogP contribution in [-0.2, 0) is 0 Å². The van der Waals surface area contributed by atoms with Crippen LogP contribution in [0.1, 0.15) is 0 Å². The molecular weight excluding hydrogens is 234 g/mol. The smallest absolute Gasteiger partial charge is 0.0320 e. The van der Waals surface area contributed by atoms with E-state index in [-0.39, 0.29) is 0 Å². The zero-order valence-corrected chi connectivity index (χ0v) is 10.6. The quantitative estimate of drug-likeness (QED) is 0.579. The van der Waals surface area contributed by atoms with Gasteiger partial charge in [0.05, 0.1) is 0 Å². The van der Waals surface area contributed by atoms with Gasteiger partial charge in [0.15, 0.2) is 0 Å². The summed E-state index contributed by atoms with van der Waals surface area (Å²) in [5.74, 6) is 0. The highest BCUT2D eigenvalue weighted by Crippen LogP contribution is 2.22. The van der Waals surface area contributed by atoms with E-state index >= 15 is 0 Å². The molecule has 0 aliphatic heterocycles. The Hall–Kier alpha value is -2.68. The number of hydrogen-bond acceptors (Lipinski definition) is 2. The fraction of sp³-hybridized carbons (Fsp3) is 0. The van der Waals surface area contributed by atoms with Crippen molar-refractivity contribution in [3.05, 3.63) is 73.1 Å². The third-order valence-electron chi connectivity index (χ3n) is 2.60. The number of nitrogen functional groups attached to an aromatic ring is 2. The van der Waals surface area contributed by atoms with E-state index < -0.39 is 0 Å². The van der Waals surface area contributed by atoms with Gasteiger partial charge in [0.1, 0.15) is 0 Å². The average molecular weight is 251 g/mol. The second kappa shape index (κ2) is 6.31. The number of anilines is 2. The molecule has 0 saturated carbocycles. The Bertz CT molecular complexity index is 555. The first kappa shape index (κ1) is 12.8. The van der Waals surface area contributed by atoms with Gasteiger partial charge in [-0.1, -0.05) is 24.3 Å². The molecule has 0 fully saturated rings. The monoisotopic (exact) mass is 251 g/mol. The standard InChI is InChI=1S/C12H12N2.C4H5N/c13-11-5-1-3-9(7-11)10-4-2-6-12(14)8-10;1-2-4-5-3-1/h1-8H,13-14H2;1-5H. The number of aromatic nitrogens is 1. The maximum absolute atomic E-state index is 5.70. The molecule has 3 rings (SSSR count). The predicted octanol–water partition coefficient (Wildman–Crippen LogP) is 3.53. The van der Waals surface area contributed by atoms with Gasteiger partial charge in [-0.25, -0.2) is 0 Å². The minimum absolute atomic E-state index is 0.768. The summed E-state index contributed by atoms with van der Waals surface area (Å²) >= 11 is 0. The van der Waals surface area contributed by atoms with Crippen molar-refractivity contribution in [3.63, 3.8) is 0 Å². The lowest BCUT2D eigenvalue weighted by Gasteiger charge is -2.03. The van der Waals surface area contributed by atoms with Crippen molar-refractivity contribution in [3.8, 4) is 11.1 Å². The van der Waals surface area contributed by atoms with Gasteiger partial charge < -0.3 is 16.5 Å². The average Bonchev–Trinajstić information content (AvgIpc) is 2.98. The zero-order chi connectivity index (χ0) is 13.5. The number of hydrogen-bond donors (Lipinski definition) is 3. The first-order valence-corrected chi connectivity index (χ1v) is 6.05. The Morgan fingerprint density at radius 3 is 1.42 bits per heavy atom. The first-order valence-electron chi connectivity index (χ1n) is 6.05. The SMILES string of the molecule is Nc1cccc(-c2cccc(N)c2)c1.c1cc[nH]c1. The van der Waals surface area contributed by atoms with Crippen molar-refractivity contribution >= 4 is 11.4 Å². The molecule has 0 radical (unpaired) electrons. The van der Waals surface area contributed by atoms with E-state index in [0.717, 1.165) is 22.5 Å². The predicted molar refractivity (Wildman–Crippen MR) is 81.5 cm³/mol. The summed E-state index contributed by atoms with van der Waals surface area (Å²) in [4.78, 5) is 2.86. The topological polar surface area (TPSA) is 67.8 Å². The molecule has 0 aliphatic carbocycles. The minimum atomic E-state index is 0.768. The summed E-state index contributed by atoms with van der Waals surface area (Å²) in [7, 11) is 0. The van der Waals surface area contributed by atoms with E-state index in [1.165, 1.54) is 0 Å². The van der Waals surface area contributed by atoms with Gasteiger partial charge in [-0.05, 0) is 47.5 Å². The molecule has 3 heteroatoms. The van der Waals surface area contributed by atoms with Gasteiger partial charge in [-0.2, -0.15) is 0 Å². The van der Waals surface area contributed by atoms with Crippen molar-refractivity contribution in [1.29, 1.82) is 0 Å². The number of nitrogens with one attached hydrogen (secondary N) is 1. The van der Waals surface area contributed by atoms with Gasteiger partial charge in [-0.3, -0.25) is 0 Å². The number of aromatic amines is 1. The maximum atomic E-state index is 5.70. The molecule has 0 amide bonds. The Kier molecular flexibility index (Phi) is 4.24. The number of benzene rings is 2. The Balaban J connectivity index is 0.000000224. The van der Waals surface area contributed by atoms with E-state index in [1.807, 2.05) is 73.1 Å². The van der Waals surface area contributed by atoms with Crippen LogP contribution in [0, 0.1) is 0 Å². The molecule has 2 aromatic carbocycles. The van der Waals surface area contributed by atoms with Crippen LogP contribution >= 0.6 is 0 Å². The molecule has 0 atom stereocenters. The number of rotatable bonds is 1. The fourth-order valence-corrected chi connectivity index (χ4v) is 1.71.